The summed E-state index contributed by atoms with van der Waals surface area (Å²) in [6.45, 7) is 0. The van der Waals surface area contributed by atoms with Crippen molar-refractivity contribution in [2.75, 3.05) is 0 Å². The van der Waals surface area contributed by atoms with E-state index < -0.39 is 23.6 Å². The first kappa shape index (κ1) is 24.1. The van der Waals surface area contributed by atoms with E-state index in [0.717, 1.165) is 36.1 Å². The number of carbonyl (C=O) groups is 3. The summed E-state index contributed by atoms with van der Waals surface area (Å²) in [6.07, 6.45) is 6.27. The lowest BCUT2D eigenvalue weighted by molar-refractivity contribution is -0.139. The molecule has 1 saturated carbocycles. The number of Topliss-reactive ketones (excluding diaryl/α,β-unsaturated/α-hetero) is 1. The highest BCUT2D eigenvalue weighted by Crippen LogP contribution is 2.20. The van der Waals surface area contributed by atoms with E-state index in [1.54, 1.807) is 24.5 Å². The maximum Gasteiger partial charge on any atom is 0.289 e. The van der Waals surface area contributed by atoms with Gasteiger partial charge in [-0.15, -0.1) is 0 Å². The molecule has 2 aromatic heterocycles. The molecule has 0 unspecified atom stereocenters. The van der Waals surface area contributed by atoms with Crippen LogP contribution in [0, 0.1) is 0 Å². The van der Waals surface area contributed by atoms with Crippen molar-refractivity contribution in [3.8, 4) is 17.1 Å². The van der Waals surface area contributed by atoms with Crippen LogP contribution in [-0.4, -0.2) is 44.4 Å². The summed E-state index contributed by atoms with van der Waals surface area (Å²) in [5.41, 5.74) is 2.76. The van der Waals surface area contributed by atoms with Gasteiger partial charge in [-0.1, -0.05) is 60.7 Å². The van der Waals surface area contributed by atoms with Gasteiger partial charge in [0.2, 0.25) is 5.78 Å². The van der Waals surface area contributed by atoms with Crippen molar-refractivity contribution in [1.29, 1.82) is 0 Å². The average Bonchev–Trinajstić information content (AvgIpc) is 3.41. The highest BCUT2D eigenvalue weighted by molar-refractivity contribution is 6.38. The lowest BCUT2D eigenvalue weighted by Crippen LogP contribution is -2.51. The Hall–Kier alpha value is -4.59. The number of carbonyl (C=O) groups excluding carboxylic acids is 3. The fraction of sp³-hybridized carbons (Fsp3) is 0.207. The van der Waals surface area contributed by atoms with Crippen LogP contribution < -0.4 is 10.6 Å². The van der Waals surface area contributed by atoms with Crippen molar-refractivity contribution in [1.82, 2.24) is 25.4 Å². The zero-order chi connectivity index (χ0) is 25.6. The predicted octanol–water partition coefficient (Wildman–Crippen LogP) is 3.51. The van der Waals surface area contributed by atoms with E-state index in [2.05, 4.69) is 20.7 Å². The lowest BCUT2D eigenvalue weighted by atomic mass is 9.92. The molecule has 2 amide bonds. The molecule has 8 nitrogen and oxygen atoms in total. The molecular formula is C29H27N5O3. The first-order valence-electron chi connectivity index (χ1n) is 12.3. The van der Waals surface area contributed by atoms with Gasteiger partial charge in [0, 0.05) is 30.4 Å². The van der Waals surface area contributed by atoms with Gasteiger partial charge in [-0.25, -0.2) is 9.67 Å². The smallest absolute Gasteiger partial charge is 0.289 e. The second-order valence-electron chi connectivity index (χ2n) is 9.07. The largest absolute Gasteiger partial charge is 0.347 e. The van der Waals surface area contributed by atoms with Crippen molar-refractivity contribution >= 4 is 17.6 Å². The Morgan fingerprint density at radius 3 is 2.35 bits per heavy atom. The molecular weight excluding hydrogens is 466 g/mol. The minimum atomic E-state index is -1.03. The minimum absolute atomic E-state index is 0.0214. The first-order valence-corrected chi connectivity index (χ1v) is 12.3. The fourth-order valence-corrected chi connectivity index (χ4v) is 4.22. The maximum absolute atomic E-state index is 13.5. The molecule has 2 N–H and O–H groups in total. The van der Waals surface area contributed by atoms with E-state index >= 15 is 0 Å². The lowest BCUT2D eigenvalue weighted by Gasteiger charge is -2.27. The van der Waals surface area contributed by atoms with Gasteiger partial charge in [-0.05, 0) is 43.0 Å². The third kappa shape index (κ3) is 5.64. The number of ketones is 1. The molecule has 2 aromatic carbocycles. The van der Waals surface area contributed by atoms with Crippen molar-refractivity contribution < 1.29 is 14.4 Å². The zero-order valence-electron chi connectivity index (χ0n) is 20.2. The number of rotatable bonds is 9. The van der Waals surface area contributed by atoms with Crippen LogP contribution in [-0.2, 0) is 16.0 Å². The molecule has 186 valence electrons. The van der Waals surface area contributed by atoms with Crippen LogP contribution >= 0.6 is 0 Å². The Labute approximate surface area is 214 Å². The number of hydrogen-bond acceptors (Lipinski definition) is 5. The molecule has 1 aliphatic rings. The number of nitrogens with one attached hydrogen (secondary N) is 2. The Bertz CT molecular complexity index is 1400. The molecule has 8 heteroatoms. The molecule has 1 atom stereocenters. The second kappa shape index (κ2) is 11.0. The summed E-state index contributed by atoms with van der Waals surface area (Å²) in [4.78, 5) is 43.7. The van der Waals surface area contributed by atoms with Gasteiger partial charge in [0.1, 0.15) is 6.04 Å². The molecule has 4 aromatic rings. The Morgan fingerprint density at radius 1 is 0.919 bits per heavy atom. The normalized spacial score (nSPS) is 13.8. The van der Waals surface area contributed by atoms with Crippen LogP contribution in [0.5, 0.6) is 0 Å². The highest BCUT2D eigenvalue weighted by atomic mass is 16.2. The molecule has 0 radical (unpaired) electrons. The van der Waals surface area contributed by atoms with Crippen LogP contribution in [0.1, 0.15) is 35.2 Å². The van der Waals surface area contributed by atoms with Crippen molar-refractivity contribution in [3.63, 3.8) is 0 Å². The molecule has 0 bridgehead atoms. The van der Waals surface area contributed by atoms with Crippen molar-refractivity contribution in [3.05, 3.63) is 102 Å². The van der Waals surface area contributed by atoms with Gasteiger partial charge >= 0.3 is 0 Å². The van der Waals surface area contributed by atoms with E-state index in [1.807, 2.05) is 66.7 Å². The van der Waals surface area contributed by atoms with Crippen molar-refractivity contribution in [2.45, 2.75) is 37.8 Å². The number of nitrogens with zero attached hydrogens (tertiary/aromatic N) is 3. The fourth-order valence-electron chi connectivity index (χ4n) is 4.22. The van der Waals surface area contributed by atoms with Crippen LogP contribution in [0.4, 0.5) is 0 Å². The molecule has 0 aliphatic heterocycles. The summed E-state index contributed by atoms with van der Waals surface area (Å²) in [7, 11) is 0. The van der Waals surface area contributed by atoms with E-state index in [9.17, 15) is 14.4 Å². The van der Waals surface area contributed by atoms with Gasteiger partial charge in [-0.3, -0.25) is 14.4 Å². The third-order valence-electron chi connectivity index (χ3n) is 6.48. The Balaban J connectivity index is 1.39. The molecule has 0 spiro atoms. The summed E-state index contributed by atoms with van der Waals surface area (Å²) in [5.74, 6) is -1.52. The molecule has 5 rings (SSSR count). The van der Waals surface area contributed by atoms with E-state index in [0.29, 0.717) is 5.82 Å². The van der Waals surface area contributed by atoms with E-state index in [4.69, 9.17) is 0 Å². The molecule has 2 heterocycles. The topological polar surface area (TPSA) is 106 Å². The number of benzene rings is 2. The number of hydrogen-bond donors (Lipinski definition) is 2. The quantitative estimate of drug-likeness (QED) is 0.347. The summed E-state index contributed by atoms with van der Waals surface area (Å²) >= 11 is 0. The second-order valence-corrected chi connectivity index (χ2v) is 9.07. The van der Waals surface area contributed by atoms with E-state index in [-0.39, 0.29) is 18.0 Å². The zero-order valence-corrected chi connectivity index (χ0v) is 20.2. The minimum Gasteiger partial charge on any atom is -0.347 e. The van der Waals surface area contributed by atoms with Gasteiger partial charge in [0.15, 0.2) is 5.82 Å². The van der Waals surface area contributed by atoms with Gasteiger partial charge < -0.3 is 10.6 Å². The number of amides is 2. The monoisotopic (exact) mass is 493 g/mol. The Morgan fingerprint density at radius 2 is 1.65 bits per heavy atom. The molecule has 0 saturated heterocycles. The van der Waals surface area contributed by atoms with Gasteiger partial charge in [-0.2, -0.15) is 5.10 Å². The molecule has 1 aliphatic carbocycles. The van der Waals surface area contributed by atoms with Crippen LogP contribution in [0.3, 0.4) is 0 Å². The van der Waals surface area contributed by atoms with Gasteiger partial charge in [0.25, 0.3) is 11.8 Å². The summed E-state index contributed by atoms with van der Waals surface area (Å²) < 4.78 is 1.54. The van der Waals surface area contributed by atoms with Crippen LogP contribution in [0.25, 0.3) is 17.1 Å². The predicted molar refractivity (Wildman–Crippen MR) is 139 cm³/mol. The van der Waals surface area contributed by atoms with E-state index in [1.165, 1.54) is 4.68 Å². The molecule has 1 fully saturated rings. The highest BCUT2D eigenvalue weighted by Gasteiger charge is 2.31. The molecule has 37 heavy (non-hydrogen) atoms. The number of aromatic nitrogens is 3. The maximum atomic E-state index is 13.5. The van der Waals surface area contributed by atoms with Crippen LogP contribution in [0.15, 0.2) is 91.3 Å². The Kier molecular flexibility index (Phi) is 7.16. The van der Waals surface area contributed by atoms with Crippen molar-refractivity contribution in [2.24, 2.45) is 0 Å². The summed E-state index contributed by atoms with van der Waals surface area (Å²) in [5, 5.41) is 10.2. The van der Waals surface area contributed by atoms with Crippen LogP contribution in [0.2, 0.25) is 0 Å². The SMILES string of the molecule is O=C(NC1CCC1)C(=O)[C@H](Cc1ccccc1)NC(=O)c1cccnc1-n1ccc(-c2ccccc2)n1. The van der Waals surface area contributed by atoms with Gasteiger partial charge in [0.05, 0.1) is 11.3 Å². The summed E-state index contributed by atoms with van der Waals surface area (Å²) in [6, 6.07) is 23.1. The standard InChI is InChI=1S/C29H27N5O3/c35-26(29(37)31-22-13-7-14-22)25(19-20-9-3-1-4-10-20)32-28(36)23-15-8-17-30-27(23)34-18-16-24(33-34)21-11-5-2-6-12-21/h1-6,8-12,15-18,22,25H,7,13-14,19H2,(H,31,37)(H,32,36)/t25-/m0/s1. The number of pyridine rings is 1. The average molecular weight is 494 g/mol. The third-order valence-corrected chi connectivity index (χ3v) is 6.48. The first-order chi connectivity index (χ1) is 18.1.